The molecule has 29 heavy (non-hydrogen) atoms. The third-order valence-electron chi connectivity index (χ3n) is 4.73. The van der Waals surface area contributed by atoms with E-state index in [2.05, 4.69) is 10.6 Å². The van der Waals surface area contributed by atoms with Crippen molar-refractivity contribution < 1.29 is 23.9 Å². The molecule has 9 nitrogen and oxygen atoms in total. The minimum absolute atomic E-state index is 0.257. The summed E-state index contributed by atoms with van der Waals surface area (Å²) in [5.41, 5.74) is 5.94. The van der Waals surface area contributed by atoms with Gasteiger partial charge in [0.1, 0.15) is 12.1 Å². The van der Waals surface area contributed by atoms with Gasteiger partial charge in [-0.05, 0) is 37.3 Å². The highest BCUT2D eigenvalue weighted by Gasteiger charge is 2.32. The Morgan fingerprint density at radius 1 is 1.17 bits per heavy atom. The largest absolute Gasteiger partial charge is 0.454 e. The molecular formula is C20H28N4O5. The molecule has 0 aliphatic carbocycles. The fourth-order valence-corrected chi connectivity index (χ4v) is 3.16. The number of likely N-dealkylation sites (tertiary alicyclic amines) is 1. The van der Waals surface area contributed by atoms with Gasteiger partial charge in [0.15, 0.2) is 6.61 Å². The van der Waals surface area contributed by atoms with Crippen molar-refractivity contribution in [2.75, 3.05) is 18.5 Å². The van der Waals surface area contributed by atoms with Crippen LogP contribution in [0.5, 0.6) is 0 Å². The van der Waals surface area contributed by atoms with Crippen molar-refractivity contribution in [2.45, 2.75) is 45.2 Å². The van der Waals surface area contributed by atoms with E-state index in [1.807, 2.05) is 6.07 Å². The Morgan fingerprint density at radius 3 is 2.48 bits per heavy atom. The lowest BCUT2D eigenvalue weighted by Crippen LogP contribution is -2.52. The Hall–Kier alpha value is -3.10. The molecule has 1 heterocycles. The van der Waals surface area contributed by atoms with E-state index < -0.39 is 42.5 Å². The van der Waals surface area contributed by atoms with Crippen LogP contribution >= 0.6 is 0 Å². The third-order valence-corrected chi connectivity index (χ3v) is 4.73. The minimum atomic E-state index is -0.931. The molecule has 2 atom stereocenters. The summed E-state index contributed by atoms with van der Waals surface area (Å²) in [6, 6.07) is 6.64. The van der Waals surface area contributed by atoms with Gasteiger partial charge in [0, 0.05) is 12.2 Å². The molecule has 4 N–H and O–H groups in total. The van der Waals surface area contributed by atoms with Gasteiger partial charge in [0.2, 0.25) is 5.91 Å². The van der Waals surface area contributed by atoms with E-state index in [1.54, 1.807) is 38.1 Å². The smallest absolute Gasteiger partial charge is 0.329 e. The van der Waals surface area contributed by atoms with Crippen molar-refractivity contribution in [1.82, 2.24) is 10.2 Å². The van der Waals surface area contributed by atoms with Crippen LogP contribution in [-0.4, -0.2) is 54.0 Å². The fraction of sp³-hybridized carbons (Fsp3) is 0.500. The van der Waals surface area contributed by atoms with Gasteiger partial charge in [-0.1, -0.05) is 32.0 Å². The van der Waals surface area contributed by atoms with Crippen LogP contribution in [0.1, 0.15) is 33.1 Å². The number of urea groups is 1. The molecule has 1 aromatic carbocycles. The quantitative estimate of drug-likeness (QED) is 0.589. The number of esters is 1. The SMILES string of the molecule is CC(C)[C@H](NC(=O)Nc1ccccc1)C(=O)OCC(=O)N1CCCC[C@@H]1C(N)=O. The van der Waals surface area contributed by atoms with Crippen molar-refractivity contribution in [3.8, 4) is 0 Å². The molecule has 1 aromatic rings. The van der Waals surface area contributed by atoms with E-state index >= 15 is 0 Å². The average Bonchev–Trinajstić information content (AvgIpc) is 2.70. The summed E-state index contributed by atoms with van der Waals surface area (Å²) < 4.78 is 5.13. The summed E-state index contributed by atoms with van der Waals surface area (Å²) in [7, 11) is 0. The number of amides is 4. The van der Waals surface area contributed by atoms with Gasteiger partial charge in [-0.2, -0.15) is 0 Å². The molecule has 1 aliphatic rings. The van der Waals surface area contributed by atoms with Gasteiger partial charge in [0.25, 0.3) is 5.91 Å². The molecule has 2 rings (SSSR count). The molecule has 0 radical (unpaired) electrons. The van der Waals surface area contributed by atoms with Crippen molar-refractivity contribution in [2.24, 2.45) is 11.7 Å². The molecule has 9 heteroatoms. The first kappa shape index (κ1) is 22.2. The number of hydrogen-bond donors (Lipinski definition) is 3. The van der Waals surface area contributed by atoms with Crippen LogP contribution in [0, 0.1) is 5.92 Å². The number of benzene rings is 1. The molecule has 1 aliphatic heterocycles. The molecule has 1 saturated heterocycles. The van der Waals surface area contributed by atoms with Crippen molar-refractivity contribution in [1.29, 1.82) is 0 Å². The second-order valence-electron chi connectivity index (χ2n) is 7.29. The molecule has 0 saturated carbocycles. The molecule has 158 valence electrons. The highest BCUT2D eigenvalue weighted by molar-refractivity contribution is 5.93. The van der Waals surface area contributed by atoms with Gasteiger partial charge in [0.05, 0.1) is 0 Å². The normalized spacial score (nSPS) is 17.3. The fourth-order valence-electron chi connectivity index (χ4n) is 3.16. The predicted octanol–water partition coefficient (Wildman–Crippen LogP) is 1.24. The Labute approximate surface area is 169 Å². The summed E-state index contributed by atoms with van der Waals surface area (Å²) in [6.07, 6.45) is 2.08. The van der Waals surface area contributed by atoms with E-state index in [0.29, 0.717) is 18.7 Å². The lowest BCUT2D eigenvalue weighted by molar-refractivity contribution is -0.156. The maximum absolute atomic E-state index is 12.4. The summed E-state index contributed by atoms with van der Waals surface area (Å²) in [6.45, 7) is 3.40. The van der Waals surface area contributed by atoms with Gasteiger partial charge in [-0.3, -0.25) is 9.59 Å². The van der Waals surface area contributed by atoms with Gasteiger partial charge >= 0.3 is 12.0 Å². The lowest BCUT2D eigenvalue weighted by Gasteiger charge is -2.33. The summed E-state index contributed by atoms with van der Waals surface area (Å²) in [4.78, 5) is 49.9. The first-order valence-corrected chi connectivity index (χ1v) is 9.67. The lowest BCUT2D eigenvalue weighted by atomic mass is 10.0. The molecule has 0 aromatic heterocycles. The summed E-state index contributed by atoms with van der Waals surface area (Å²) in [5, 5.41) is 5.20. The zero-order chi connectivity index (χ0) is 21.4. The van der Waals surface area contributed by atoms with E-state index in [0.717, 1.165) is 12.8 Å². The van der Waals surface area contributed by atoms with Crippen LogP contribution in [0.2, 0.25) is 0 Å². The van der Waals surface area contributed by atoms with Gasteiger partial charge in [-0.15, -0.1) is 0 Å². The summed E-state index contributed by atoms with van der Waals surface area (Å²) in [5.74, 6) is -2.02. The molecular weight excluding hydrogens is 376 g/mol. The monoisotopic (exact) mass is 404 g/mol. The number of nitrogens with one attached hydrogen (secondary N) is 2. The Bertz CT molecular complexity index is 738. The van der Waals surface area contributed by atoms with Crippen LogP contribution in [-0.2, 0) is 19.1 Å². The van der Waals surface area contributed by atoms with Crippen LogP contribution in [0.25, 0.3) is 0 Å². The van der Waals surface area contributed by atoms with Gasteiger partial charge in [-0.25, -0.2) is 9.59 Å². The number of rotatable bonds is 7. The first-order chi connectivity index (χ1) is 13.8. The number of piperidine rings is 1. The van der Waals surface area contributed by atoms with Crippen LogP contribution in [0.15, 0.2) is 30.3 Å². The van der Waals surface area contributed by atoms with Crippen LogP contribution in [0.4, 0.5) is 10.5 Å². The average molecular weight is 404 g/mol. The number of anilines is 1. The number of ether oxygens (including phenoxy) is 1. The molecule has 1 fully saturated rings. The number of para-hydroxylation sites is 1. The highest BCUT2D eigenvalue weighted by atomic mass is 16.5. The molecule has 0 unspecified atom stereocenters. The highest BCUT2D eigenvalue weighted by Crippen LogP contribution is 2.17. The zero-order valence-corrected chi connectivity index (χ0v) is 16.7. The topological polar surface area (TPSA) is 131 Å². The Morgan fingerprint density at radius 2 is 1.86 bits per heavy atom. The first-order valence-electron chi connectivity index (χ1n) is 9.67. The van der Waals surface area contributed by atoms with Crippen LogP contribution in [0.3, 0.4) is 0 Å². The number of primary amides is 1. The maximum Gasteiger partial charge on any atom is 0.329 e. The standard InChI is InChI=1S/C20H28N4O5/c1-13(2)17(23-20(28)22-14-8-4-3-5-9-14)19(27)29-12-16(25)24-11-7-6-10-15(24)18(21)26/h3-5,8-9,13,15,17H,6-7,10-12H2,1-2H3,(H2,21,26)(H2,22,23,28)/t15-,17+/m1/s1. The van der Waals surface area contributed by atoms with E-state index in [-0.39, 0.29) is 5.92 Å². The Balaban J connectivity index is 1.90. The number of nitrogens with two attached hydrogens (primary N) is 1. The zero-order valence-electron chi connectivity index (χ0n) is 16.7. The third kappa shape index (κ3) is 6.48. The molecule has 4 amide bonds. The number of carbonyl (C=O) groups excluding carboxylic acids is 4. The number of hydrogen-bond acceptors (Lipinski definition) is 5. The number of carbonyl (C=O) groups is 4. The second kappa shape index (κ2) is 10.4. The minimum Gasteiger partial charge on any atom is -0.454 e. The maximum atomic E-state index is 12.4. The predicted molar refractivity (Wildman–Crippen MR) is 107 cm³/mol. The van der Waals surface area contributed by atoms with Crippen molar-refractivity contribution in [3.05, 3.63) is 30.3 Å². The molecule has 0 bridgehead atoms. The van der Waals surface area contributed by atoms with E-state index in [1.165, 1.54) is 4.90 Å². The van der Waals surface area contributed by atoms with Crippen molar-refractivity contribution >= 4 is 29.5 Å². The van der Waals surface area contributed by atoms with Gasteiger partial charge < -0.3 is 26.0 Å². The van der Waals surface area contributed by atoms with E-state index in [9.17, 15) is 19.2 Å². The van der Waals surface area contributed by atoms with E-state index in [4.69, 9.17) is 10.5 Å². The molecule has 0 spiro atoms. The van der Waals surface area contributed by atoms with Crippen LogP contribution < -0.4 is 16.4 Å². The number of nitrogens with zero attached hydrogens (tertiary/aromatic N) is 1. The Kier molecular flexibility index (Phi) is 7.99. The summed E-state index contributed by atoms with van der Waals surface area (Å²) >= 11 is 0. The van der Waals surface area contributed by atoms with Crippen molar-refractivity contribution in [3.63, 3.8) is 0 Å². The second-order valence-corrected chi connectivity index (χ2v) is 7.29.